The predicted molar refractivity (Wildman–Crippen MR) is 112 cm³/mol. The molecule has 0 unspecified atom stereocenters. The molecular weight excluding hydrogens is 386 g/mol. The average Bonchev–Trinajstić information content (AvgIpc) is 3.24. The summed E-state index contributed by atoms with van der Waals surface area (Å²) < 4.78 is 0. The molecule has 1 N–H and O–H groups in total. The largest absolute Gasteiger partial charge is 0.340 e. The van der Waals surface area contributed by atoms with Crippen LogP contribution in [0.3, 0.4) is 0 Å². The Labute approximate surface area is 174 Å². The maximum atomic E-state index is 13.2. The van der Waals surface area contributed by atoms with E-state index in [0.717, 1.165) is 39.3 Å². The van der Waals surface area contributed by atoms with Gasteiger partial charge in [-0.3, -0.25) is 14.5 Å². The van der Waals surface area contributed by atoms with Gasteiger partial charge in [0, 0.05) is 24.0 Å². The van der Waals surface area contributed by atoms with Crippen LogP contribution in [0.25, 0.3) is 0 Å². The molecule has 0 bridgehead atoms. The molecule has 4 amide bonds. The normalized spacial score (nSPS) is 20.7. The SMILES string of the molecule is Cc1ccc(CN(C)C(=O)CN2C(=O)N[C@]3(CCCc4sccc43)C2=O)c(C)c1. The number of urea groups is 1. The van der Waals surface area contributed by atoms with Crippen molar-refractivity contribution in [3.63, 3.8) is 0 Å². The predicted octanol–water partition coefficient (Wildman–Crippen LogP) is 3.11. The molecule has 1 saturated heterocycles. The molecule has 1 atom stereocenters. The minimum absolute atomic E-state index is 0.243. The molecule has 1 aromatic carbocycles. The molecule has 2 aromatic rings. The van der Waals surface area contributed by atoms with Crippen molar-refractivity contribution in [1.29, 1.82) is 0 Å². The van der Waals surface area contributed by atoms with Crippen LogP contribution in [-0.2, 0) is 28.1 Å². The van der Waals surface area contributed by atoms with Gasteiger partial charge in [0.05, 0.1) is 0 Å². The number of hydrogen-bond donors (Lipinski definition) is 1. The van der Waals surface area contributed by atoms with Gasteiger partial charge in [-0.25, -0.2) is 4.79 Å². The summed E-state index contributed by atoms with van der Waals surface area (Å²) in [5, 5.41) is 4.86. The third-order valence-electron chi connectivity index (χ3n) is 5.96. The van der Waals surface area contributed by atoms with Gasteiger partial charge < -0.3 is 10.2 Å². The summed E-state index contributed by atoms with van der Waals surface area (Å²) in [6.07, 6.45) is 2.34. The van der Waals surface area contributed by atoms with E-state index in [1.54, 1.807) is 23.3 Å². The zero-order chi connectivity index (χ0) is 20.8. The first-order chi connectivity index (χ1) is 13.8. The Kier molecular flexibility index (Phi) is 4.94. The van der Waals surface area contributed by atoms with Crippen LogP contribution in [0.2, 0.25) is 0 Å². The van der Waals surface area contributed by atoms with E-state index in [1.807, 2.05) is 37.4 Å². The Balaban J connectivity index is 1.49. The number of amides is 4. The van der Waals surface area contributed by atoms with E-state index in [4.69, 9.17) is 0 Å². The molecule has 4 rings (SSSR count). The van der Waals surface area contributed by atoms with Crippen molar-refractivity contribution in [2.75, 3.05) is 13.6 Å². The van der Waals surface area contributed by atoms with Crippen LogP contribution >= 0.6 is 11.3 Å². The number of thiophene rings is 1. The summed E-state index contributed by atoms with van der Waals surface area (Å²) in [4.78, 5) is 42.4. The highest BCUT2D eigenvalue weighted by atomic mass is 32.1. The fraction of sp³-hybridized carbons (Fsp3) is 0.409. The van der Waals surface area contributed by atoms with Gasteiger partial charge in [-0.1, -0.05) is 23.8 Å². The Morgan fingerprint density at radius 2 is 2.07 bits per heavy atom. The number of nitrogens with zero attached hydrogens (tertiary/aromatic N) is 2. The van der Waals surface area contributed by atoms with Gasteiger partial charge in [0.25, 0.3) is 5.91 Å². The second-order valence-electron chi connectivity index (χ2n) is 8.02. The fourth-order valence-electron chi connectivity index (χ4n) is 4.31. The molecule has 2 aliphatic rings. The molecule has 1 aliphatic carbocycles. The molecule has 1 fully saturated rings. The van der Waals surface area contributed by atoms with Gasteiger partial charge in [0.15, 0.2) is 0 Å². The van der Waals surface area contributed by atoms with E-state index in [1.165, 1.54) is 5.56 Å². The Bertz CT molecular complexity index is 999. The first kappa shape index (κ1) is 19.6. The molecule has 0 radical (unpaired) electrons. The van der Waals surface area contributed by atoms with Gasteiger partial charge in [-0.2, -0.15) is 0 Å². The van der Waals surface area contributed by atoms with Crippen molar-refractivity contribution >= 4 is 29.2 Å². The van der Waals surface area contributed by atoms with Crippen molar-refractivity contribution in [2.24, 2.45) is 0 Å². The van der Waals surface area contributed by atoms with Crippen LogP contribution < -0.4 is 5.32 Å². The number of imide groups is 1. The summed E-state index contributed by atoms with van der Waals surface area (Å²) in [7, 11) is 1.70. The van der Waals surface area contributed by atoms with Gasteiger partial charge in [0.1, 0.15) is 12.1 Å². The lowest BCUT2D eigenvalue weighted by molar-refractivity contribution is -0.139. The summed E-state index contributed by atoms with van der Waals surface area (Å²) in [5.74, 6) is -0.568. The van der Waals surface area contributed by atoms with Crippen molar-refractivity contribution in [1.82, 2.24) is 15.1 Å². The number of fused-ring (bicyclic) bond motifs is 2. The number of benzene rings is 1. The highest BCUT2D eigenvalue weighted by Crippen LogP contribution is 2.42. The van der Waals surface area contributed by atoms with Crippen LogP contribution in [0.15, 0.2) is 29.6 Å². The Hall–Kier alpha value is -2.67. The minimum atomic E-state index is -1.00. The van der Waals surface area contributed by atoms with E-state index in [-0.39, 0.29) is 18.4 Å². The molecular formula is C22H25N3O3S. The molecule has 0 saturated carbocycles. The molecule has 6 nitrogen and oxygen atoms in total. The molecule has 1 aliphatic heterocycles. The van der Waals surface area contributed by atoms with E-state index in [0.29, 0.717) is 13.0 Å². The fourth-order valence-corrected chi connectivity index (χ4v) is 5.31. The highest BCUT2D eigenvalue weighted by molar-refractivity contribution is 7.10. The second-order valence-corrected chi connectivity index (χ2v) is 9.02. The standard InChI is InChI=1S/C22H25N3O3S/c1-14-6-7-16(15(2)11-14)12-24(3)19(26)13-25-20(27)22(23-21(25)28)9-4-5-18-17(22)8-10-29-18/h6-8,10-11H,4-5,9,12-13H2,1-3H3,(H,23,28)/t22-/m0/s1. The number of carbonyl (C=O) groups excluding carboxylic acids is 3. The highest BCUT2D eigenvalue weighted by Gasteiger charge is 2.54. The van der Waals surface area contributed by atoms with Crippen molar-refractivity contribution in [2.45, 2.75) is 45.2 Å². The van der Waals surface area contributed by atoms with Gasteiger partial charge >= 0.3 is 6.03 Å². The third-order valence-corrected chi connectivity index (χ3v) is 6.94. The van der Waals surface area contributed by atoms with E-state index in [9.17, 15) is 14.4 Å². The molecule has 29 heavy (non-hydrogen) atoms. The lowest BCUT2D eigenvalue weighted by Gasteiger charge is -2.31. The number of carbonyl (C=O) groups is 3. The lowest BCUT2D eigenvalue weighted by atomic mass is 9.80. The smallest absolute Gasteiger partial charge is 0.325 e. The topological polar surface area (TPSA) is 69.7 Å². The molecule has 152 valence electrons. The van der Waals surface area contributed by atoms with Crippen LogP contribution in [-0.4, -0.2) is 41.2 Å². The van der Waals surface area contributed by atoms with Crippen LogP contribution in [0.5, 0.6) is 0 Å². The van der Waals surface area contributed by atoms with E-state index < -0.39 is 11.6 Å². The summed E-state index contributed by atoms with van der Waals surface area (Å²) in [6, 6.07) is 7.55. The van der Waals surface area contributed by atoms with Gasteiger partial charge in [-0.15, -0.1) is 11.3 Å². The number of nitrogens with one attached hydrogen (secondary N) is 1. The zero-order valence-electron chi connectivity index (χ0n) is 16.9. The van der Waals surface area contributed by atoms with Crippen LogP contribution in [0.4, 0.5) is 4.79 Å². The summed E-state index contributed by atoms with van der Waals surface area (Å²) >= 11 is 1.62. The maximum absolute atomic E-state index is 13.2. The minimum Gasteiger partial charge on any atom is -0.340 e. The maximum Gasteiger partial charge on any atom is 0.325 e. The lowest BCUT2D eigenvalue weighted by Crippen LogP contribution is -2.47. The Morgan fingerprint density at radius 1 is 1.28 bits per heavy atom. The van der Waals surface area contributed by atoms with Gasteiger partial charge in [0.2, 0.25) is 5.91 Å². The average molecular weight is 412 g/mol. The molecule has 2 heterocycles. The van der Waals surface area contributed by atoms with E-state index in [2.05, 4.69) is 11.4 Å². The van der Waals surface area contributed by atoms with Crippen molar-refractivity contribution in [3.05, 3.63) is 56.8 Å². The summed E-state index contributed by atoms with van der Waals surface area (Å²) in [5.41, 5.74) is 3.23. The monoisotopic (exact) mass is 411 g/mol. The first-order valence-corrected chi connectivity index (χ1v) is 10.7. The number of hydrogen-bond acceptors (Lipinski definition) is 4. The molecule has 7 heteroatoms. The quantitative estimate of drug-likeness (QED) is 0.786. The van der Waals surface area contributed by atoms with E-state index >= 15 is 0 Å². The van der Waals surface area contributed by atoms with Crippen molar-refractivity contribution in [3.8, 4) is 0 Å². The number of aryl methyl sites for hydroxylation is 3. The Morgan fingerprint density at radius 3 is 2.83 bits per heavy atom. The molecule has 1 spiro atoms. The number of likely N-dealkylation sites (N-methyl/N-ethyl adjacent to an activating group) is 1. The second kappa shape index (κ2) is 7.30. The molecule has 1 aromatic heterocycles. The third kappa shape index (κ3) is 3.33. The zero-order valence-corrected chi connectivity index (χ0v) is 17.8. The first-order valence-electron chi connectivity index (χ1n) is 9.83. The van der Waals surface area contributed by atoms with Gasteiger partial charge in [-0.05, 0) is 55.7 Å². The van der Waals surface area contributed by atoms with Crippen LogP contribution in [0.1, 0.15) is 40.0 Å². The van der Waals surface area contributed by atoms with Crippen LogP contribution in [0, 0.1) is 13.8 Å². The summed E-state index contributed by atoms with van der Waals surface area (Å²) in [6.45, 7) is 4.24. The van der Waals surface area contributed by atoms with Crippen molar-refractivity contribution < 1.29 is 14.4 Å². The number of rotatable bonds is 4.